The Balaban J connectivity index is 1.66. The molecule has 1 amide bonds. The molecule has 35 heavy (non-hydrogen) atoms. The summed E-state index contributed by atoms with van der Waals surface area (Å²) in [5, 5.41) is 16.5. The van der Waals surface area contributed by atoms with Crippen LogP contribution in [0.1, 0.15) is 41.1 Å². The van der Waals surface area contributed by atoms with Gasteiger partial charge in [0.1, 0.15) is 5.76 Å². The molecule has 1 aliphatic carbocycles. The van der Waals surface area contributed by atoms with Crippen molar-refractivity contribution in [1.82, 2.24) is 0 Å². The standard InChI is InChI=1S/C27H24N2O5S/c28-35(33,34)22-14-12-21(13-15-22)29-24(18-7-2-1-3-8-18)23(26(31)27(29)32)25(30)20-11-10-17-6-4-5-9-19(17)16-20/h1-3,7-8,10-16,24,30H,4-6,9H2,(H2,28,33,34)/b25-23-. The van der Waals surface area contributed by atoms with E-state index < -0.39 is 27.8 Å². The van der Waals surface area contributed by atoms with E-state index >= 15 is 0 Å². The zero-order valence-electron chi connectivity index (χ0n) is 18.8. The number of ketones is 1. The first-order valence-electron chi connectivity index (χ1n) is 11.4. The number of carbonyl (C=O) groups is 2. The van der Waals surface area contributed by atoms with Crippen molar-refractivity contribution in [2.75, 3.05) is 4.90 Å². The van der Waals surface area contributed by atoms with E-state index in [4.69, 9.17) is 5.14 Å². The highest BCUT2D eigenvalue weighted by Gasteiger charge is 2.47. The molecule has 1 fully saturated rings. The Hall–Kier alpha value is -3.75. The van der Waals surface area contributed by atoms with Crippen LogP contribution in [0.3, 0.4) is 0 Å². The predicted octanol–water partition coefficient (Wildman–Crippen LogP) is 3.84. The average molecular weight is 489 g/mol. The number of nitrogens with zero attached hydrogens (tertiary/aromatic N) is 1. The van der Waals surface area contributed by atoms with Crippen LogP contribution in [0, 0.1) is 0 Å². The van der Waals surface area contributed by atoms with Gasteiger partial charge in [0.2, 0.25) is 10.0 Å². The van der Waals surface area contributed by atoms with Gasteiger partial charge in [0.05, 0.1) is 16.5 Å². The van der Waals surface area contributed by atoms with Gasteiger partial charge in [0.25, 0.3) is 11.7 Å². The van der Waals surface area contributed by atoms with Crippen molar-refractivity contribution in [1.29, 1.82) is 0 Å². The Bertz CT molecular complexity index is 1460. The van der Waals surface area contributed by atoms with Crippen molar-refractivity contribution >= 4 is 33.2 Å². The number of aliphatic hydroxyl groups is 1. The lowest BCUT2D eigenvalue weighted by atomic mass is 9.88. The Labute approximate surface area is 203 Å². The number of rotatable bonds is 4. The fraction of sp³-hybridized carbons (Fsp3) is 0.185. The summed E-state index contributed by atoms with van der Waals surface area (Å²) in [6.07, 6.45) is 4.09. The molecule has 3 aromatic rings. The van der Waals surface area contributed by atoms with Gasteiger partial charge in [-0.1, -0.05) is 42.5 Å². The smallest absolute Gasteiger partial charge is 0.300 e. The Morgan fingerprint density at radius 1 is 0.886 bits per heavy atom. The molecular weight excluding hydrogens is 464 g/mol. The van der Waals surface area contributed by atoms with E-state index in [9.17, 15) is 23.1 Å². The normalized spacial score (nSPS) is 19.6. The number of nitrogens with two attached hydrogens (primary N) is 1. The summed E-state index contributed by atoms with van der Waals surface area (Å²) in [4.78, 5) is 27.7. The van der Waals surface area contributed by atoms with Gasteiger partial charge in [-0.3, -0.25) is 14.5 Å². The molecule has 0 aromatic heterocycles. The fourth-order valence-electron chi connectivity index (χ4n) is 4.88. The molecule has 1 atom stereocenters. The van der Waals surface area contributed by atoms with Gasteiger partial charge < -0.3 is 5.11 Å². The number of sulfonamides is 1. The number of aryl methyl sites for hydroxylation is 2. The number of hydrogen-bond acceptors (Lipinski definition) is 5. The van der Waals surface area contributed by atoms with Crippen LogP contribution in [0.2, 0.25) is 0 Å². The molecule has 0 saturated carbocycles. The van der Waals surface area contributed by atoms with Crippen LogP contribution in [-0.4, -0.2) is 25.2 Å². The number of carbonyl (C=O) groups excluding carboxylic acids is 2. The third-order valence-electron chi connectivity index (χ3n) is 6.63. The molecular formula is C27H24N2O5S. The van der Waals surface area contributed by atoms with Gasteiger partial charge in [-0.05, 0) is 72.7 Å². The SMILES string of the molecule is NS(=O)(=O)c1ccc(N2C(=O)C(=O)/C(=C(\O)c3ccc4c(c3)CCCC4)C2c2ccccc2)cc1. The number of Topliss-reactive ketones (excluding diaryl/α,β-unsaturated/α-hetero) is 1. The number of amides is 1. The molecule has 5 rings (SSSR count). The van der Waals surface area contributed by atoms with Gasteiger partial charge in [-0.25, -0.2) is 13.6 Å². The second-order valence-corrected chi connectivity index (χ2v) is 10.4. The van der Waals surface area contributed by atoms with Crippen molar-refractivity contribution in [3.05, 3.63) is 101 Å². The molecule has 1 aliphatic heterocycles. The molecule has 1 saturated heterocycles. The average Bonchev–Trinajstić information content (AvgIpc) is 3.13. The molecule has 0 spiro atoms. The maximum Gasteiger partial charge on any atom is 0.300 e. The van der Waals surface area contributed by atoms with Crippen molar-refractivity contribution in [3.8, 4) is 0 Å². The summed E-state index contributed by atoms with van der Waals surface area (Å²) < 4.78 is 23.3. The van der Waals surface area contributed by atoms with Crippen LogP contribution in [0.4, 0.5) is 5.69 Å². The summed E-state index contributed by atoms with van der Waals surface area (Å²) in [5.41, 5.74) is 3.83. The molecule has 2 aliphatic rings. The summed E-state index contributed by atoms with van der Waals surface area (Å²) >= 11 is 0. The Morgan fingerprint density at radius 3 is 2.20 bits per heavy atom. The molecule has 0 bridgehead atoms. The van der Waals surface area contributed by atoms with E-state index in [1.807, 2.05) is 18.2 Å². The first kappa shape index (κ1) is 23.0. The topological polar surface area (TPSA) is 118 Å². The molecule has 3 aromatic carbocycles. The van der Waals surface area contributed by atoms with E-state index in [0.29, 0.717) is 16.8 Å². The lowest BCUT2D eigenvalue weighted by Crippen LogP contribution is -2.29. The highest BCUT2D eigenvalue weighted by molar-refractivity contribution is 7.89. The number of primary sulfonamides is 1. The lowest BCUT2D eigenvalue weighted by Gasteiger charge is -2.25. The van der Waals surface area contributed by atoms with Crippen molar-refractivity contribution in [2.45, 2.75) is 36.6 Å². The Morgan fingerprint density at radius 2 is 1.54 bits per heavy atom. The summed E-state index contributed by atoms with van der Waals surface area (Å²) in [5.74, 6) is -1.83. The predicted molar refractivity (Wildman–Crippen MR) is 132 cm³/mol. The number of fused-ring (bicyclic) bond motifs is 1. The summed E-state index contributed by atoms with van der Waals surface area (Å²) in [7, 11) is -3.92. The van der Waals surface area contributed by atoms with Crippen LogP contribution in [0.15, 0.2) is 83.3 Å². The third-order valence-corrected chi connectivity index (χ3v) is 7.55. The van der Waals surface area contributed by atoms with Gasteiger partial charge >= 0.3 is 0 Å². The molecule has 8 heteroatoms. The van der Waals surface area contributed by atoms with Crippen molar-refractivity contribution < 1.29 is 23.1 Å². The van der Waals surface area contributed by atoms with Crippen LogP contribution >= 0.6 is 0 Å². The molecule has 3 N–H and O–H groups in total. The second-order valence-electron chi connectivity index (χ2n) is 8.81. The fourth-order valence-corrected chi connectivity index (χ4v) is 5.40. The molecule has 7 nitrogen and oxygen atoms in total. The van der Waals surface area contributed by atoms with Crippen LogP contribution < -0.4 is 10.0 Å². The largest absolute Gasteiger partial charge is 0.507 e. The second kappa shape index (κ2) is 8.79. The highest BCUT2D eigenvalue weighted by atomic mass is 32.2. The van der Waals surface area contributed by atoms with Crippen molar-refractivity contribution in [3.63, 3.8) is 0 Å². The number of hydrogen-bond donors (Lipinski definition) is 2. The van der Waals surface area contributed by atoms with E-state index in [0.717, 1.165) is 31.2 Å². The molecule has 1 unspecified atom stereocenters. The minimum Gasteiger partial charge on any atom is -0.507 e. The maximum atomic E-state index is 13.3. The monoisotopic (exact) mass is 488 g/mol. The van der Waals surface area contributed by atoms with E-state index in [1.165, 1.54) is 34.7 Å². The Kier molecular flexibility index (Phi) is 5.78. The minimum atomic E-state index is -3.92. The van der Waals surface area contributed by atoms with E-state index in [1.54, 1.807) is 30.3 Å². The number of aliphatic hydroxyl groups excluding tert-OH is 1. The molecule has 178 valence electrons. The van der Waals surface area contributed by atoms with E-state index in [2.05, 4.69) is 0 Å². The first-order chi connectivity index (χ1) is 16.8. The first-order valence-corrected chi connectivity index (χ1v) is 12.9. The van der Waals surface area contributed by atoms with Crippen LogP contribution in [0.25, 0.3) is 5.76 Å². The van der Waals surface area contributed by atoms with Crippen molar-refractivity contribution in [2.24, 2.45) is 5.14 Å². The highest BCUT2D eigenvalue weighted by Crippen LogP contribution is 2.42. The summed E-state index contributed by atoms with van der Waals surface area (Å²) in [6, 6.07) is 19.2. The quantitative estimate of drug-likeness (QED) is 0.329. The van der Waals surface area contributed by atoms with Gasteiger partial charge in [-0.2, -0.15) is 0 Å². The lowest BCUT2D eigenvalue weighted by molar-refractivity contribution is -0.132. The number of anilines is 1. The van der Waals surface area contributed by atoms with Gasteiger partial charge in [0.15, 0.2) is 0 Å². The van der Waals surface area contributed by atoms with Crippen LogP contribution in [0.5, 0.6) is 0 Å². The molecule has 0 radical (unpaired) electrons. The minimum absolute atomic E-state index is 0.00696. The van der Waals surface area contributed by atoms with Gasteiger partial charge in [0, 0.05) is 11.3 Å². The maximum absolute atomic E-state index is 13.3. The number of benzene rings is 3. The van der Waals surface area contributed by atoms with Crippen LogP contribution in [-0.2, 0) is 32.5 Å². The summed E-state index contributed by atoms with van der Waals surface area (Å²) in [6.45, 7) is 0. The zero-order chi connectivity index (χ0) is 24.7. The third kappa shape index (κ3) is 4.15. The molecule has 1 heterocycles. The zero-order valence-corrected chi connectivity index (χ0v) is 19.7. The van der Waals surface area contributed by atoms with E-state index in [-0.39, 0.29) is 16.2 Å². The van der Waals surface area contributed by atoms with Gasteiger partial charge in [-0.15, -0.1) is 0 Å².